The summed E-state index contributed by atoms with van der Waals surface area (Å²) in [4.78, 5) is 8.43. The summed E-state index contributed by atoms with van der Waals surface area (Å²) in [7, 11) is 0. The smallest absolute Gasteiger partial charge is 0.129 e. The lowest BCUT2D eigenvalue weighted by Gasteiger charge is -2.15. The monoisotopic (exact) mass is 217 g/mol. The number of rotatable bonds is 5. The van der Waals surface area contributed by atoms with Gasteiger partial charge in [-0.3, -0.25) is 0 Å². The molecule has 0 amide bonds. The quantitative estimate of drug-likeness (QED) is 0.771. The molecule has 0 fully saturated rings. The van der Waals surface area contributed by atoms with E-state index in [1.54, 1.807) is 6.33 Å². The van der Waals surface area contributed by atoms with E-state index < -0.39 is 0 Å². The van der Waals surface area contributed by atoms with Crippen LogP contribution in [-0.4, -0.2) is 16.0 Å². The van der Waals surface area contributed by atoms with Crippen molar-refractivity contribution < 1.29 is 0 Å². The van der Waals surface area contributed by atoms with E-state index in [9.17, 15) is 0 Å². The molecule has 1 N–H and O–H groups in total. The van der Waals surface area contributed by atoms with Gasteiger partial charge in [0.05, 0.1) is 0 Å². The number of nitrogens with one attached hydrogen (secondary N) is 1. The van der Waals surface area contributed by atoms with Gasteiger partial charge in [-0.2, -0.15) is 0 Å². The molecule has 1 aromatic rings. The van der Waals surface area contributed by atoms with Crippen molar-refractivity contribution in [2.45, 2.75) is 45.6 Å². The maximum atomic E-state index is 5.31. The van der Waals surface area contributed by atoms with Gasteiger partial charge in [0, 0.05) is 24.2 Å². The Bertz CT molecular complexity index is 366. The molecule has 16 heavy (non-hydrogen) atoms. The van der Waals surface area contributed by atoms with Crippen molar-refractivity contribution in [1.82, 2.24) is 9.97 Å². The molecule has 1 rings (SSSR count). The third-order valence-corrected chi connectivity index (χ3v) is 2.49. The second kappa shape index (κ2) is 6.12. The highest BCUT2D eigenvalue weighted by Gasteiger charge is 2.07. The van der Waals surface area contributed by atoms with Crippen LogP contribution in [0, 0.1) is 12.3 Å². The summed E-state index contributed by atoms with van der Waals surface area (Å²) in [6.07, 6.45) is 8.62. The molecule has 1 atom stereocenters. The van der Waals surface area contributed by atoms with Crippen LogP contribution in [0.5, 0.6) is 0 Å². The van der Waals surface area contributed by atoms with Crippen LogP contribution < -0.4 is 5.32 Å². The molecule has 0 bridgehead atoms. The Kier molecular flexibility index (Phi) is 4.78. The van der Waals surface area contributed by atoms with E-state index in [1.165, 1.54) is 0 Å². The van der Waals surface area contributed by atoms with E-state index >= 15 is 0 Å². The first-order chi connectivity index (χ1) is 7.67. The van der Waals surface area contributed by atoms with Crippen molar-refractivity contribution in [3.8, 4) is 12.3 Å². The fourth-order valence-electron chi connectivity index (χ4n) is 1.42. The van der Waals surface area contributed by atoms with Crippen LogP contribution in [0.1, 0.15) is 45.2 Å². The summed E-state index contributed by atoms with van der Waals surface area (Å²) in [5, 5.41) is 3.33. The molecule has 0 aliphatic carbocycles. The average Bonchev–Trinajstić information content (AvgIpc) is 2.29. The molecule has 1 unspecified atom stereocenters. The van der Waals surface area contributed by atoms with E-state index in [-0.39, 0.29) is 0 Å². The molecule has 0 aromatic carbocycles. The maximum absolute atomic E-state index is 5.31. The summed E-state index contributed by atoms with van der Waals surface area (Å²) >= 11 is 0. The standard InChI is InChI=1S/C13H19N3/c1-5-7-11(6-2)16-13-8-12(10(3)4)14-9-15-13/h1,8-11H,6-7H2,2-4H3,(H,14,15,16). The molecule has 86 valence electrons. The second-order valence-corrected chi connectivity index (χ2v) is 4.14. The highest BCUT2D eigenvalue weighted by atomic mass is 15.0. The zero-order valence-electron chi connectivity index (χ0n) is 10.2. The Morgan fingerprint density at radius 3 is 2.75 bits per heavy atom. The minimum Gasteiger partial charge on any atom is -0.366 e. The number of nitrogens with zero attached hydrogens (tertiary/aromatic N) is 2. The molecule has 0 spiro atoms. The van der Waals surface area contributed by atoms with Crippen molar-refractivity contribution in [2.75, 3.05) is 5.32 Å². The highest BCUT2D eigenvalue weighted by Crippen LogP contribution is 2.15. The van der Waals surface area contributed by atoms with Crippen LogP contribution in [0.2, 0.25) is 0 Å². The summed E-state index contributed by atoms with van der Waals surface area (Å²) in [6.45, 7) is 6.34. The number of terminal acetylenes is 1. The number of anilines is 1. The Labute approximate surface area is 97.7 Å². The summed E-state index contributed by atoms with van der Waals surface area (Å²) in [5.41, 5.74) is 1.05. The van der Waals surface area contributed by atoms with Crippen LogP contribution in [-0.2, 0) is 0 Å². The molecule has 1 heterocycles. The Morgan fingerprint density at radius 1 is 1.44 bits per heavy atom. The van der Waals surface area contributed by atoms with Gasteiger partial charge >= 0.3 is 0 Å². The number of hydrogen-bond acceptors (Lipinski definition) is 3. The second-order valence-electron chi connectivity index (χ2n) is 4.14. The van der Waals surface area contributed by atoms with Crippen molar-refractivity contribution in [1.29, 1.82) is 0 Å². The lowest BCUT2D eigenvalue weighted by atomic mass is 10.1. The molecular weight excluding hydrogens is 198 g/mol. The molecule has 0 saturated carbocycles. The molecule has 0 aliphatic rings. The Morgan fingerprint density at radius 2 is 2.19 bits per heavy atom. The van der Waals surface area contributed by atoms with Crippen molar-refractivity contribution in [3.05, 3.63) is 18.1 Å². The van der Waals surface area contributed by atoms with Crippen LogP contribution >= 0.6 is 0 Å². The average molecular weight is 217 g/mol. The first-order valence-electron chi connectivity index (χ1n) is 5.69. The van der Waals surface area contributed by atoms with Crippen LogP contribution in [0.4, 0.5) is 5.82 Å². The zero-order chi connectivity index (χ0) is 12.0. The predicted octanol–water partition coefficient (Wildman–Crippen LogP) is 2.81. The van der Waals surface area contributed by atoms with Gasteiger partial charge in [0.15, 0.2) is 0 Å². The molecule has 3 nitrogen and oxygen atoms in total. The van der Waals surface area contributed by atoms with Gasteiger partial charge in [-0.15, -0.1) is 12.3 Å². The third kappa shape index (κ3) is 3.54. The SMILES string of the molecule is C#CCC(CC)Nc1cc(C(C)C)ncn1. The Hall–Kier alpha value is -1.56. The van der Waals surface area contributed by atoms with Gasteiger partial charge in [-0.1, -0.05) is 20.8 Å². The van der Waals surface area contributed by atoms with E-state index in [4.69, 9.17) is 6.42 Å². The van der Waals surface area contributed by atoms with Gasteiger partial charge in [-0.05, 0) is 12.3 Å². The topological polar surface area (TPSA) is 37.8 Å². The first-order valence-corrected chi connectivity index (χ1v) is 5.69. The Balaban J connectivity index is 2.73. The summed E-state index contributed by atoms with van der Waals surface area (Å²) < 4.78 is 0. The lowest BCUT2D eigenvalue weighted by Crippen LogP contribution is -2.18. The van der Waals surface area contributed by atoms with Gasteiger partial charge in [0.25, 0.3) is 0 Å². The van der Waals surface area contributed by atoms with Crippen molar-refractivity contribution >= 4 is 5.82 Å². The maximum Gasteiger partial charge on any atom is 0.129 e. The minimum atomic E-state index is 0.292. The summed E-state index contributed by atoms with van der Waals surface area (Å²) in [6, 6.07) is 2.28. The van der Waals surface area contributed by atoms with Crippen molar-refractivity contribution in [3.63, 3.8) is 0 Å². The van der Waals surface area contributed by atoms with Gasteiger partial charge in [0.1, 0.15) is 12.1 Å². The fourth-order valence-corrected chi connectivity index (χ4v) is 1.42. The minimum absolute atomic E-state index is 0.292. The van der Waals surface area contributed by atoms with E-state index in [2.05, 4.69) is 42.0 Å². The van der Waals surface area contributed by atoms with E-state index in [0.717, 1.165) is 24.4 Å². The van der Waals surface area contributed by atoms with Gasteiger partial charge < -0.3 is 5.32 Å². The summed E-state index contributed by atoms with van der Waals surface area (Å²) in [5.74, 6) is 3.95. The third-order valence-electron chi connectivity index (χ3n) is 2.49. The van der Waals surface area contributed by atoms with E-state index in [1.807, 2.05) is 6.07 Å². The van der Waals surface area contributed by atoms with Crippen LogP contribution in [0.15, 0.2) is 12.4 Å². The zero-order valence-corrected chi connectivity index (χ0v) is 10.2. The van der Waals surface area contributed by atoms with Crippen LogP contribution in [0.3, 0.4) is 0 Å². The highest BCUT2D eigenvalue weighted by molar-refractivity contribution is 5.37. The van der Waals surface area contributed by atoms with Gasteiger partial charge in [-0.25, -0.2) is 9.97 Å². The van der Waals surface area contributed by atoms with E-state index in [0.29, 0.717) is 12.0 Å². The molecule has 3 heteroatoms. The predicted molar refractivity (Wildman–Crippen MR) is 67.3 cm³/mol. The lowest BCUT2D eigenvalue weighted by molar-refractivity contribution is 0.709. The number of hydrogen-bond donors (Lipinski definition) is 1. The molecule has 1 aromatic heterocycles. The fraction of sp³-hybridized carbons (Fsp3) is 0.538. The first kappa shape index (κ1) is 12.5. The largest absolute Gasteiger partial charge is 0.366 e. The molecule has 0 radical (unpaired) electrons. The van der Waals surface area contributed by atoms with Crippen molar-refractivity contribution in [2.24, 2.45) is 0 Å². The molecule has 0 aliphatic heterocycles. The molecular formula is C13H19N3. The van der Waals surface area contributed by atoms with Crippen LogP contribution in [0.25, 0.3) is 0 Å². The normalized spacial score (nSPS) is 12.2. The molecule has 0 saturated heterocycles. The number of aromatic nitrogens is 2. The van der Waals surface area contributed by atoms with Gasteiger partial charge in [0.2, 0.25) is 0 Å².